The molecule has 2 N–H and O–H groups in total. The average molecular weight is 525 g/mol. The Morgan fingerprint density at radius 1 is 0.895 bits per heavy atom. The minimum Gasteiger partial charge on any atom is -0.322 e. The summed E-state index contributed by atoms with van der Waals surface area (Å²) in [6.07, 6.45) is 5.83. The molecule has 1 aliphatic carbocycles. The molecule has 0 bridgehead atoms. The summed E-state index contributed by atoms with van der Waals surface area (Å²) in [7, 11) is 0. The number of thiophene rings is 1. The molecule has 0 fully saturated rings. The molecule has 0 saturated carbocycles. The Bertz CT molecular complexity index is 1530. The van der Waals surface area contributed by atoms with Gasteiger partial charge in [0.05, 0.1) is 11.8 Å². The third-order valence-electron chi connectivity index (χ3n) is 7.05. The van der Waals surface area contributed by atoms with Crippen LogP contribution >= 0.6 is 11.3 Å². The van der Waals surface area contributed by atoms with E-state index < -0.39 is 0 Å². The van der Waals surface area contributed by atoms with Gasteiger partial charge < -0.3 is 9.88 Å². The lowest BCUT2D eigenvalue weighted by Crippen LogP contribution is -2.17. The van der Waals surface area contributed by atoms with E-state index in [9.17, 15) is 9.59 Å². The van der Waals surface area contributed by atoms with Gasteiger partial charge in [-0.2, -0.15) is 5.10 Å². The van der Waals surface area contributed by atoms with E-state index in [0.717, 1.165) is 70.0 Å². The van der Waals surface area contributed by atoms with Gasteiger partial charge in [0, 0.05) is 33.1 Å². The second kappa shape index (κ2) is 10.8. The Labute approximate surface area is 227 Å². The quantitative estimate of drug-likeness (QED) is 0.218. The van der Waals surface area contributed by atoms with Crippen LogP contribution in [-0.4, -0.2) is 22.6 Å². The fourth-order valence-corrected chi connectivity index (χ4v) is 6.43. The molecule has 0 unspecified atom stereocenters. The van der Waals surface area contributed by atoms with Crippen molar-refractivity contribution in [3.05, 3.63) is 104 Å². The van der Waals surface area contributed by atoms with Crippen LogP contribution in [0, 0.1) is 27.7 Å². The molecule has 1 aliphatic rings. The van der Waals surface area contributed by atoms with Crippen molar-refractivity contribution >= 4 is 35.1 Å². The second-order valence-corrected chi connectivity index (χ2v) is 11.0. The highest BCUT2D eigenvalue weighted by Gasteiger charge is 2.28. The first-order valence-electron chi connectivity index (χ1n) is 12.9. The topological polar surface area (TPSA) is 75.5 Å². The summed E-state index contributed by atoms with van der Waals surface area (Å²) >= 11 is 1.71. The number of aromatic nitrogens is 1. The van der Waals surface area contributed by atoms with Gasteiger partial charge in [0.25, 0.3) is 11.8 Å². The number of carbonyl (C=O) groups excluding carboxylic acids is 2. The van der Waals surface area contributed by atoms with Gasteiger partial charge in [-0.05, 0) is 89.3 Å². The van der Waals surface area contributed by atoms with Crippen molar-refractivity contribution in [2.75, 3.05) is 5.32 Å². The largest absolute Gasteiger partial charge is 0.322 e. The zero-order chi connectivity index (χ0) is 26.8. The molecule has 38 heavy (non-hydrogen) atoms. The second-order valence-electron chi connectivity index (χ2n) is 9.94. The Hall–Kier alpha value is -3.97. The molecule has 194 valence electrons. The standard InChI is InChI=1S/C31H32N4O2S/c1-19-9-13-23(14-10-19)29(36)34-32-18-24-17-21(3)35(22(24)4)31-28(26-7-5-6-8-27(26)38-31)30(37)33-25-15-11-20(2)12-16-25/h9-18H,5-8H2,1-4H3,(H,33,37)(H,34,36)/b32-18-. The normalized spacial score (nSPS) is 12.9. The molecule has 6 nitrogen and oxygen atoms in total. The summed E-state index contributed by atoms with van der Waals surface area (Å²) < 4.78 is 2.15. The number of amides is 2. The van der Waals surface area contributed by atoms with Crippen LogP contribution in [0.5, 0.6) is 0 Å². The Morgan fingerprint density at radius 3 is 2.26 bits per heavy atom. The maximum Gasteiger partial charge on any atom is 0.271 e. The van der Waals surface area contributed by atoms with Crippen molar-refractivity contribution in [3.8, 4) is 5.00 Å². The molecule has 2 heterocycles. The van der Waals surface area contributed by atoms with Crippen molar-refractivity contribution in [2.24, 2.45) is 5.10 Å². The number of hydrogen-bond acceptors (Lipinski definition) is 4. The summed E-state index contributed by atoms with van der Waals surface area (Å²) in [5.41, 5.74) is 11.0. The van der Waals surface area contributed by atoms with E-state index in [1.54, 1.807) is 29.7 Å². The third-order valence-corrected chi connectivity index (χ3v) is 8.32. The van der Waals surface area contributed by atoms with E-state index in [1.165, 1.54) is 10.4 Å². The van der Waals surface area contributed by atoms with E-state index in [-0.39, 0.29) is 11.8 Å². The van der Waals surface area contributed by atoms with E-state index >= 15 is 0 Å². The van der Waals surface area contributed by atoms with E-state index in [4.69, 9.17) is 0 Å². The molecule has 2 aromatic carbocycles. The van der Waals surface area contributed by atoms with E-state index in [2.05, 4.69) is 20.4 Å². The van der Waals surface area contributed by atoms with Gasteiger partial charge in [-0.1, -0.05) is 35.4 Å². The summed E-state index contributed by atoms with van der Waals surface area (Å²) in [6.45, 7) is 8.08. The van der Waals surface area contributed by atoms with Crippen LogP contribution in [0.3, 0.4) is 0 Å². The average Bonchev–Trinajstić information content (AvgIpc) is 3.41. The van der Waals surface area contributed by atoms with Gasteiger partial charge in [0.2, 0.25) is 0 Å². The molecule has 0 radical (unpaired) electrons. The number of hydrazone groups is 1. The number of aryl methyl sites for hydroxylation is 4. The van der Waals surface area contributed by atoms with E-state index in [1.807, 2.05) is 70.2 Å². The predicted octanol–water partition coefficient (Wildman–Crippen LogP) is 6.67. The SMILES string of the molecule is Cc1ccc(NC(=O)c2c(-n3c(C)cc(/C=N\NC(=O)c4ccc(C)cc4)c3C)sc3c2CCCC3)cc1. The number of nitrogens with zero attached hydrogens (tertiary/aromatic N) is 2. The maximum absolute atomic E-state index is 13.7. The van der Waals surface area contributed by atoms with Gasteiger partial charge in [0.1, 0.15) is 5.00 Å². The van der Waals surface area contributed by atoms with Crippen molar-refractivity contribution in [1.82, 2.24) is 9.99 Å². The van der Waals surface area contributed by atoms with Crippen LogP contribution < -0.4 is 10.7 Å². The Kier molecular flexibility index (Phi) is 7.29. The van der Waals surface area contributed by atoms with Gasteiger partial charge in [-0.25, -0.2) is 5.43 Å². The molecule has 0 spiro atoms. The highest BCUT2D eigenvalue weighted by atomic mass is 32.1. The van der Waals surface area contributed by atoms with E-state index in [0.29, 0.717) is 5.56 Å². The van der Waals surface area contributed by atoms with Crippen LogP contribution in [0.1, 0.15) is 72.1 Å². The molecular formula is C31H32N4O2S. The van der Waals surface area contributed by atoms with Crippen LogP contribution in [0.4, 0.5) is 5.69 Å². The lowest BCUT2D eigenvalue weighted by atomic mass is 9.95. The summed E-state index contributed by atoms with van der Waals surface area (Å²) in [5, 5.41) is 8.29. The Balaban J connectivity index is 1.45. The zero-order valence-corrected chi connectivity index (χ0v) is 23.0. The fourth-order valence-electron chi connectivity index (χ4n) is 4.93. The van der Waals surface area contributed by atoms with Crippen molar-refractivity contribution in [2.45, 2.75) is 53.4 Å². The first kappa shape index (κ1) is 25.7. The summed E-state index contributed by atoms with van der Waals surface area (Å²) in [5.74, 6) is -0.326. The number of nitrogens with one attached hydrogen (secondary N) is 2. The monoisotopic (exact) mass is 524 g/mol. The van der Waals surface area contributed by atoms with Gasteiger partial charge in [0.15, 0.2) is 0 Å². The Morgan fingerprint density at radius 2 is 1.55 bits per heavy atom. The van der Waals surface area contributed by atoms with Gasteiger partial charge >= 0.3 is 0 Å². The maximum atomic E-state index is 13.7. The number of benzene rings is 2. The molecule has 0 aliphatic heterocycles. The van der Waals surface area contributed by atoms with Crippen molar-refractivity contribution in [3.63, 3.8) is 0 Å². The van der Waals surface area contributed by atoms with Crippen LogP contribution in [0.2, 0.25) is 0 Å². The van der Waals surface area contributed by atoms with Gasteiger partial charge in [-0.15, -0.1) is 11.3 Å². The first-order valence-corrected chi connectivity index (χ1v) is 13.8. The molecule has 2 aromatic heterocycles. The third kappa shape index (κ3) is 5.20. The number of fused-ring (bicyclic) bond motifs is 1. The van der Waals surface area contributed by atoms with Crippen molar-refractivity contribution < 1.29 is 9.59 Å². The molecule has 0 saturated heterocycles. The molecule has 2 amide bonds. The number of carbonyl (C=O) groups is 2. The highest BCUT2D eigenvalue weighted by Crippen LogP contribution is 2.39. The fraction of sp³-hybridized carbons (Fsp3) is 0.258. The van der Waals surface area contributed by atoms with Crippen molar-refractivity contribution in [1.29, 1.82) is 0 Å². The first-order chi connectivity index (χ1) is 18.3. The minimum absolute atomic E-state index is 0.0728. The number of anilines is 1. The lowest BCUT2D eigenvalue weighted by molar-refractivity contribution is 0.0954. The molecular weight excluding hydrogens is 492 g/mol. The minimum atomic E-state index is -0.254. The summed E-state index contributed by atoms with van der Waals surface area (Å²) in [6, 6.07) is 17.3. The predicted molar refractivity (Wildman–Crippen MR) is 155 cm³/mol. The zero-order valence-electron chi connectivity index (χ0n) is 22.2. The van der Waals surface area contributed by atoms with Gasteiger partial charge in [-0.3, -0.25) is 9.59 Å². The number of rotatable bonds is 6. The molecule has 4 aromatic rings. The highest BCUT2D eigenvalue weighted by molar-refractivity contribution is 7.15. The molecule has 0 atom stereocenters. The smallest absolute Gasteiger partial charge is 0.271 e. The number of hydrogen-bond donors (Lipinski definition) is 2. The summed E-state index contributed by atoms with van der Waals surface area (Å²) in [4.78, 5) is 27.4. The molecule has 5 rings (SSSR count). The van der Waals surface area contributed by atoms with Crippen LogP contribution in [-0.2, 0) is 12.8 Å². The van der Waals surface area contributed by atoms with Crippen LogP contribution in [0.25, 0.3) is 5.00 Å². The molecule has 7 heteroatoms. The lowest BCUT2D eigenvalue weighted by Gasteiger charge is -2.14. The van der Waals surface area contributed by atoms with Crippen LogP contribution in [0.15, 0.2) is 59.7 Å².